The number of hydrogen-bond acceptors (Lipinski definition) is 2. The lowest BCUT2D eigenvalue weighted by Crippen LogP contribution is -2.09. The Morgan fingerprint density at radius 2 is 1.83 bits per heavy atom. The second kappa shape index (κ2) is 3.97. The predicted molar refractivity (Wildman–Crippen MR) is 60.3 cm³/mol. The Balaban J connectivity index is 2.90. The van der Waals surface area contributed by atoms with Gasteiger partial charge in [0.15, 0.2) is 0 Å². The van der Waals surface area contributed by atoms with E-state index in [1.165, 1.54) is 18.2 Å². The summed E-state index contributed by atoms with van der Waals surface area (Å²) in [4.78, 5) is 9.67. The van der Waals surface area contributed by atoms with Crippen molar-refractivity contribution in [1.29, 1.82) is 0 Å². The molecule has 0 radical (unpaired) electrons. The molecule has 0 unspecified atom stereocenters. The van der Waals surface area contributed by atoms with Gasteiger partial charge in [-0.15, -0.1) is 0 Å². The van der Waals surface area contributed by atoms with Crippen molar-refractivity contribution < 1.29 is 18.1 Å². The molecular formula is C12H8F3NO2. The van der Waals surface area contributed by atoms with Crippen molar-refractivity contribution in [2.45, 2.75) is 13.1 Å². The molecule has 2 aromatic rings. The summed E-state index contributed by atoms with van der Waals surface area (Å²) < 4.78 is 38.8. The summed E-state index contributed by atoms with van der Waals surface area (Å²) in [6.07, 6.45) is -4.75. The van der Waals surface area contributed by atoms with Crippen LogP contribution in [0.3, 0.4) is 0 Å². The number of nitro groups is 1. The summed E-state index contributed by atoms with van der Waals surface area (Å²) >= 11 is 0. The topological polar surface area (TPSA) is 43.1 Å². The van der Waals surface area contributed by atoms with E-state index in [0.29, 0.717) is 5.39 Å². The summed E-state index contributed by atoms with van der Waals surface area (Å²) in [5, 5.41) is 10.9. The highest BCUT2D eigenvalue weighted by molar-refractivity contribution is 5.89. The van der Waals surface area contributed by atoms with Gasteiger partial charge in [-0.05, 0) is 18.4 Å². The first kappa shape index (κ1) is 12.3. The standard InChI is InChI=1S/C12H8F3NO2/c1-7-2-4-9-8(6-7)3-5-10(16(17)18)11(9)12(13,14)15/h2-6H,1H3. The number of halogens is 3. The molecule has 0 saturated heterocycles. The van der Waals surface area contributed by atoms with Crippen LogP contribution in [0.2, 0.25) is 0 Å². The maximum Gasteiger partial charge on any atom is 0.423 e. The van der Waals surface area contributed by atoms with Gasteiger partial charge in [0.25, 0.3) is 5.69 Å². The Morgan fingerprint density at radius 1 is 1.17 bits per heavy atom. The van der Waals surface area contributed by atoms with Crippen molar-refractivity contribution in [3.63, 3.8) is 0 Å². The number of rotatable bonds is 1. The van der Waals surface area contributed by atoms with E-state index in [0.717, 1.165) is 11.6 Å². The molecule has 0 bridgehead atoms. The Hall–Kier alpha value is -2.11. The molecule has 6 heteroatoms. The molecule has 2 rings (SSSR count). The Morgan fingerprint density at radius 3 is 2.39 bits per heavy atom. The lowest BCUT2D eigenvalue weighted by molar-refractivity contribution is -0.387. The van der Waals surface area contributed by atoms with Crippen LogP contribution in [0.25, 0.3) is 10.8 Å². The molecule has 0 aliphatic carbocycles. The molecule has 94 valence electrons. The molecule has 18 heavy (non-hydrogen) atoms. The third kappa shape index (κ3) is 2.01. The predicted octanol–water partition coefficient (Wildman–Crippen LogP) is 4.08. The number of hydrogen-bond donors (Lipinski definition) is 0. The number of alkyl halides is 3. The average molecular weight is 255 g/mol. The zero-order valence-electron chi connectivity index (χ0n) is 9.28. The molecule has 0 heterocycles. The van der Waals surface area contributed by atoms with Crippen LogP contribution in [0.4, 0.5) is 18.9 Å². The van der Waals surface area contributed by atoms with Gasteiger partial charge in [-0.3, -0.25) is 10.1 Å². The van der Waals surface area contributed by atoms with Crippen LogP contribution in [0, 0.1) is 17.0 Å². The summed E-state index contributed by atoms with van der Waals surface area (Å²) in [5.74, 6) is 0. The Bertz CT molecular complexity index is 635. The SMILES string of the molecule is Cc1ccc2c(C(F)(F)F)c([N+](=O)[O-])ccc2c1. The van der Waals surface area contributed by atoms with Crippen LogP contribution >= 0.6 is 0 Å². The highest BCUT2D eigenvalue weighted by Crippen LogP contribution is 2.41. The fourth-order valence-corrected chi connectivity index (χ4v) is 1.89. The third-order valence-corrected chi connectivity index (χ3v) is 2.63. The summed E-state index contributed by atoms with van der Waals surface area (Å²) in [7, 11) is 0. The van der Waals surface area contributed by atoms with Gasteiger partial charge in [-0.25, -0.2) is 0 Å². The maximum atomic E-state index is 12.9. The van der Waals surface area contributed by atoms with Crippen LogP contribution in [0.15, 0.2) is 30.3 Å². The van der Waals surface area contributed by atoms with Gasteiger partial charge < -0.3 is 0 Å². The molecule has 3 nitrogen and oxygen atoms in total. The number of nitrogens with zero attached hydrogens (tertiary/aromatic N) is 1. The highest BCUT2D eigenvalue weighted by atomic mass is 19.4. The minimum atomic E-state index is -4.75. The summed E-state index contributed by atoms with van der Waals surface area (Å²) in [5.41, 5.74) is -1.31. The summed E-state index contributed by atoms with van der Waals surface area (Å²) in [6.45, 7) is 1.74. The van der Waals surface area contributed by atoms with Crippen LogP contribution in [0.1, 0.15) is 11.1 Å². The second-order valence-corrected chi connectivity index (χ2v) is 3.94. The lowest BCUT2D eigenvalue weighted by atomic mass is 10.0. The van der Waals surface area contributed by atoms with Crippen molar-refractivity contribution in [3.05, 3.63) is 51.6 Å². The van der Waals surface area contributed by atoms with E-state index in [9.17, 15) is 23.3 Å². The number of nitro benzene ring substituents is 1. The molecule has 0 fully saturated rings. The Labute approximate surface area is 100.0 Å². The summed E-state index contributed by atoms with van der Waals surface area (Å²) in [6, 6.07) is 6.55. The molecule has 0 aliphatic rings. The van der Waals surface area contributed by atoms with Gasteiger partial charge in [0.2, 0.25) is 0 Å². The van der Waals surface area contributed by atoms with Gasteiger partial charge in [0, 0.05) is 11.5 Å². The molecule has 0 aliphatic heterocycles. The van der Waals surface area contributed by atoms with E-state index < -0.39 is 22.4 Å². The van der Waals surface area contributed by atoms with Crippen molar-refractivity contribution in [3.8, 4) is 0 Å². The first-order valence-electron chi connectivity index (χ1n) is 5.05. The average Bonchev–Trinajstić information content (AvgIpc) is 2.25. The molecule has 0 atom stereocenters. The van der Waals surface area contributed by atoms with Gasteiger partial charge in [-0.2, -0.15) is 13.2 Å². The maximum absolute atomic E-state index is 12.9. The lowest BCUT2D eigenvalue weighted by Gasteiger charge is -2.11. The van der Waals surface area contributed by atoms with Crippen molar-refractivity contribution >= 4 is 16.5 Å². The quantitative estimate of drug-likeness (QED) is 0.569. The van der Waals surface area contributed by atoms with E-state index in [2.05, 4.69) is 0 Å². The smallest absolute Gasteiger partial charge is 0.258 e. The molecule has 0 N–H and O–H groups in total. The van der Waals surface area contributed by atoms with E-state index in [-0.39, 0.29) is 5.39 Å². The molecule has 0 saturated carbocycles. The van der Waals surface area contributed by atoms with Crippen molar-refractivity contribution in [2.24, 2.45) is 0 Å². The molecular weight excluding hydrogens is 247 g/mol. The van der Waals surface area contributed by atoms with E-state index >= 15 is 0 Å². The number of aryl methyl sites for hydroxylation is 1. The van der Waals surface area contributed by atoms with Gasteiger partial charge in [0.1, 0.15) is 5.56 Å². The fourth-order valence-electron chi connectivity index (χ4n) is 1.89. The zero-order chi connectivity index (χ0) is 13.5. The highest BCUT2D eigenvalue weighted by Gasteiger charge is 2.40. The molecule has 0 amide bonds. The largest absolute Gasteiger partial charge is 0.423 e. The minimum Gasteiger partial charge on any atom is -0.258 e. The van der Waals surface area contributed by atoms with E-state index in [4.69, 9.17) is 0 Å². The van der Waals surface area contributed by atoms with Crippen LogP contribution in [-0.2, 0) is 6.18 Å². The van der Waals surface area contributed by atoms with Crippen molar-refractivity contribution in [1.82, 2.24) is 0 Å². The zero-order valence-corrected chi connectivity index (χ0v) is 9.28. The number of benzene rings is 2. The fraction of sp³-hybridized carbons (Fsp3) is 0.167. The Kier molecular flexibility index (Phi) is 2.73. The van der Waals surface area contributed by atoms with Gasteiger partial charge in [0.05, 0.1) is 4.92 Å². The van der Waals surface area contributed by atoms with Gasteiger partial charge >= 0.3 is 6.18 Å². The van der Waals surface area contributed by atoms with Crippen LogP contribution < -0.4 is 0 Å². The number of fused-ring (bicyclic) bond motifs is 1. The normalized spacial score (nSPS) is 11.8. The molecule has 0 spiro atoms. The first-order valence-corrected chi connectivity index (χ1v) is 5.05. The van der Waals surface area contributed by atoms with Gasteiger partial charge in [-0.1, -0.05) is 23.8 Å². The minimum absolute atomic E-state index is 0.151. The first-order chi connectivity index (χ1) is 8.30. The molecule has 2 aromatic carbocycles. The van der Waals surface area contributed by atoms with Crippen LogP contribution in [-0.4, -0.2) is 4.92 Å². The second-order valence-electron chi connectivity index (χ2n) is 3.94. The molecule has 0 aromatic heterocycles. The van der Waals surface area contributed by atoms with Crippen LogP contribution in [0.5, 0.6) is 0 Å². The third-order valence-electron chi connectivity index (χ3n) is 2.63. The van der Waals surface area contributed by atoms with Crippen molar-refractivity contribution in [2.75, 3.05) is 0 Å². The monoisotopic (exact) mass is 255 g/mol. The van der Waals surface area contributed by atoms with E-state index in [1.54, 1.807) is 13.0 Å². The van der Waals surface area contributed by atoms with E-state index in [1.807, 2.05) is 0 Å².